The van der Waals surface area contributed by atoms with Gasteiger partial charge in [-0.2, -0.15) is 0 Å². The zero-order valence-corrected chi connectivity index (χ0v) is 25.4. The van der Waals surface area contributed by atoms with Crippen LogP contribution >= 0.6 is 21.4 Å². The van der Waals surface area contributed by atoms with Crippen LogP contribution in [0.2, 0.25) is 0 Å². The van der Waals surface area contributed by atoms with E-state index in [4.69, 9.17) is 16.8 Å². The molecule has 0 fully saturated rings. The summed E-state index contributed by atoms with van der Waals surface area (Å²) in [6, 6.07) is 13.0. The second-order valence-corrected chi connectivity index (χ2v) is 21.3. The summed E-state index contributed by atoms with van der Waals surface area (Å²) in [5.41, 5.74) is 6.57. The van der Waals surface area contributed by atoms with E-state index >= 15 is 0 Å². The van der Waals surface area contributed by atoms with E-state index in [1.165, 1.54) is 21.9 Å². The third-order valence-corrected chi connectivity index (χ3v) is 11.4. The van der Waals surface area contributed by atoms with E-state index in [1.807, 2.05) is 19.4 Å². The molecule has 5 aromatic rings. The Morgan fingerprint density at radius 1 is 0.971 bits per heavy atom. The molecular formula is C26H33N4OP3S. The molecule has 3 aromatic heterocycles. The summed E-state index contributed by atoms with van der Waals surface area (Å²) in [5.74, 6) is 0.980. The lowest BCUT2D eigenvalue weighted by Crippen LogP contribution is -2.09. The minimum absolute atomic E-state index is 0.439. The van der Waals surface area contributed by atoms with Crippen LogP contribution in [0, 0.1) is 13.8 Å². The molecule has 3 heterocycles. The summed E-state index contributed by atoms with van der Waals surface area (Å²) in [7, 11) is -1.03. The maximum atomic E-state index is 13.8. The van der Waals surface area contributed by atoms with Crippen LogP contribution in [0.5, 0.6) is 0 Å². The van der Waals surface area contributed by atoms with E-state index in [2.05, 4.69) is 91.1 Å². The number of hydrogen-bond donors (Lipinski definition) is 0. The number of nitrogens with zero attached hydrogens (tertiary/aromatic N) is 4. The maximum absolute atomic E-state index is 13.8. The van der Waals surface area contributed by atoms with Gasteiger partial charge in [0.05, 0.1) is 16.7 Å². The number of aryl methyl sites for hydroxylation is 1. The lowest BCUT2D eigenvalue weighted by molar-refractivity contribution is 0.578. The van der Waals surface area contributed by atoms with E-state index in [1.54, 1.807) is 0 Å². The van der Waals surface area contributed by atoms with Gasteiger partial charge in [0.2, 0.25) is 0 Å². The second-order valence-electron chi connectivity index (χ2n) is 10.4. The van der Waals surface area contributed by atoms with E-state index in [0.717, 1.165) is 39.0 Å². The van der Waals surface area contributed by atoms with Gasteiger partial charge in [0.1, 0.15) is 11.5 Å². The quantitative estimate of drug-likeness (QED) is 0.229. The van der Waals surface area contributed by atoms with Crippen molar-refractivity contribution in [1.82, 2.24) is 18.2 Å². The van der Waals surface area contributed by atoms with Crippen molar-refractivity contribution in [1.29, 1.82) is 0 Å². The van der Waals surface area contributed by atoms with E-state index in [0.29, 0.717) is 0 Å². The Balaban J connectivity index is 2.12. The van der Waals surface area contributed by atoms with Gasteiger partial charge < -0.3 is 9.13 Å². The maximum Gasteiger partial charge on any atom is 0.172 e. The third kappa shape index (κ3) is 3.72. The van der Waals surface area contributed by atoms with Gasteiger partial charge >= 0.3 is 0 Å². The predicted molar refractivity (Wildman–Crippen MR) is 161 cm³/mol. The summed E-state index contributed by atoms with van der Waals surface area (Å²) in [4.78, 5) is 4.93. The molecule has 0 atom stereocenters. The van der Waals surface area contributed by atoms with Gasteiger partial charge in [-0.3, -0.25) is 8.68 Å². The number of aromatic nitrogens is 4. The highest BCUT2D eigenvalue weighted by Gasteiger charge is 2.30. The first-order chi connectivity index (χ1) is 16.2. The van der Waals surface area contributed by atoms with Gasteiger partial charge in [-0.15, -0.1) is 0 Å². The molecule has 0 aliphatic carbocycles. The van der Waals surface area contributed by atoms with Gasteiger partial charge in [-0.25, -0.2) is 4.98 Å². The monoisotopic (exact) mass is 542 g/mol. The molecule has 5 rings (SSSR count). The number of hydrogen-bond acceptors (Lipinski definition) is 3. The van der Waals surface area contributed by atoms with Crippen LogP contribution < -0.4 is 5.30 Å². The van der Waals surface area contributed by atoms with Crippen molar-refractivity contribution in [2.75, 3.05) is 40.0 Å². The lowest BCUT2D eigenvalue weighted by atomic mass is 10.1. The van der Waals surface area contributed by atoms with E-state index in [-0.39, 0.29) is 0 Å². The van der Waals surface area contributed by atoms with E-state index in [9.17, 15) is 4.57 Å². The highest BCUT2D eigenvalue weighted by Crippen LogP contribution is 2.55. The standard InChI is InChI=1S/C26H33N4OP3S/c1-16-17(2)28(3)25(27-16)18-14-20-23-19-12-10-11-13-21(19)29(33(6,7)31)26(23)30(34(8,9)35)24(20)22(15-18)32(4)5/h10-15H,1-9H3. The molecule has 0 saturated heterocycles. The molecule has 5 nitrogen and oxygen atoms in total. The summed E-state index contributed by atoms with van der Waals surface area (Å²) < 4.78 is 20.4. The zero-order chi connectivity index (χ0) is 25.6. The zero-order valence-electron chi connectivity index (χ0n) is 21.9. The molecule has 184 valence electrons. The van der Waals surface area contributed by atoms with Gasteiger partial charge in [-0.05, 0) is 58.7 Å². The van der Waals surface area contributed by atoms with Crippen molar-refractivity contribution < 1.29 is 4.57 Å². The Hall–Kier alpha value is -1.70. The second kappa shape index (κ2) is 8.15. The van der Waals surface area contributed by atoms with Gasteiger partial charge in [0.15, 0.2) is 7.29 Å². The number of para-hydroxylation sites is 1. The Labute approximate surface area is 213 Å². The normalized spacial score (nSPS) is 13.2. The minimum Gasteiger partial charge on any atom is -0.331 e. The molecule has 0 bridgehead atoms. The topological polar surface area (TPSA) is 44.8 Å². The molecule has 0 N–H and O–H groups in total. The summed E-state index contributed by atoms with van der Waals surface area (Å²) in [5, 5.41) is 4.78. The Kier molecular flexibility index (Phi) is 5.82. The molecule has 9 heteroatoms. The molecule has 0 spiro atoms. The fourth-order valence-electron chi connectivity index (χ4n) is 5.21. The molecule has 2 aromatic carbocycles. The summed E-state index contributed by atoms with van der Waals surface area (Å²) >= 11 is 6.22. The molecule has 0 aliphatic rings. The van der Waals surface area contributed by atoms with Crippen LogP contribution in [-0.2, 0) is 23.4 Å². The van der Waals surface area contributed by atoms with Crippen LogP contribution in [0.4, 0.5) is 0 Å². The smallest absolute Gasteiger partial charge is 0.172 e. The van der Waals surface area contributed by atoms with Crippen LogP contribution in [0.15, 0.2) is 36.4 Å². The average molecular weight is 543 g/mol. The van der Waals surface area contributed by atoms with Crippen LogP contribution in [0.1, 0.15) is 11.4 Å². The Bertz CT molecular complexity index is 1760. The minimum atomic E-state index is -2.68. The number of rotatable bonds is 4. The van der Waals surface area contributed by atoms with Gasteiger partial charge in [0.25, 0.3) is 0 Å². The van der Waals surface area contributed by atoms with Crippen molar-refractivity contribution >= 4 is 71.4 Å². The lowest BCUT2D eigenvalue weighted by Gasteiger charge is -2.22. The molecule has 0 amide bonds. The van der Waals surface area contributed by atoms with Gasteiger partial charge in [0, 0.05) is 59.3 Å². The molecular weight excluding hydrogens is 509 g/mol. The van der Waals surface area contributed by atoms with Crippen LogP contribution in [-0.4, -0.2) is 58.2 Å². The Morgan fingerprint density at radius 3 is 2.17 bits per heavy atom. The highest BCUT2D eigenvalue weighted by atomic mass is 32.4. The van der Waals surface area contributed by atoms with Gasteiger partial charge in [-0.1, -0.05) is 37.9 Å². The fourth-order valence-corrected chi connectivity index (χ4v) is 9.56. The van der Waals surface area contributed by atoms with Crippen molar-refractivity contribution in [2.24, 2.45) is 7.05 Å². The Morgan fingerprint density at radius 2 is 1.63 bits per heavy atom. The van der Waals surface area contributed by atoms with Crippen molar-refractivity contribution in [3.8, 4) is 11.4 Å². The number of benzene rings is 2. The first kappa shape index (κ1) is 25.0. The fraction of sp³-hybridized carbons (Fsp3) is 0.346. The number of imidazole rings is 1. The average Bonchev–Trinajstić information content (AvgIpc) is 3.35. The first-order valence-electron chi connectivity index (χ1n) is 11.6. The molecule has 0 aliphatic heterocycles. The van der Waals surface area contributed by atoms with Crippen molar-refractivity contribution in [3.63, 3.8) is 0 Å². The molecule has 0 radical (unpaired) electrons. The SMILES string of the molecule is Cc1nc(-c2cc(P(C)C)c3c(c2)c2c4ccccc4n(P(C)(C)=O)c2n3P(C)(C)=S)n(C)c1C. The first-order valence-corrected chi connectivity index (χ1v) is 20.1. The summed E-state index contributed by atoms with van der Waals surface area (Å²) in [6.45, 7) is 16.8. The highest BCUT2D eigenvalue weighted by molar-refractivity contribution is 8.13. The summed E-state index contributed by atoms with van der Waals surface area (Å²) in [6.07, 6.45) is -1.98. The molecule has 0 unspecified atom stereocenters. The largest absolute Gasteiger partial charge is 0.331 e. The predicted octanol–water partition coefficient (Wildman–Crippen LogP) is 7.02. The third-order valence-electron chi connectivity index (χ3n) is 6.92. The number of fused-ring (bicyclic) bond motifs is 5. The van der Waals surface area contributed by atoms with Crippen molar-refractivity contribution in [2.45, 2.75) is 13.8 Å². The molecule has 0 saturated carbocycles. The van der Waals surface area contributed by atoms with Crippen molar-refractivity contribution in [3.05, 3.63) is 47.8 Å². The van der Waals surface area contributed by atoms with Crippen LogP contribution in [0.25, 0.3) is 44.2 Å². The van der Waals surface area contributed by atoms with E-state index < -0.39 is 21.4 Å². The molecule has 35 heavy (non-hydrogen) atoms. The van der Waals surface area contributed by atoms with Crippen LogP contribution in [0.3, 0.4) is 0 Å².